The average Bonchev–Trinajstić information content (AvgIpc) is 3.47. The van der Waals surface area contributed by atoms with Crippen LogP contribution in [0, 0.1) is 6.92 Å². The van der Waals surface area contributed by atoms with Gasteiger partial charge in [-0.1, -0.05) is 0 Å². The summed E-state index contributed by atoms with van der Waals surface area (Å²) in [5.41, 5.74) is 1.30. The molecule has 0 bridgehead atoms. The van der Waals surface area contributed by atoms with Crippen molar-refractivity contribution in [3.63, 3.8) is 0 Å². The van der Waals surface area contributed by atoms with Crippen LogP contribution in [0.2, 0.25) is 0 Å². The number of rotatable bonds is 6. The number of ether oxygens (including phenoxy) is 2. The molecule has 4 heterocycles. The minimum atomic E-state index is -3.66. The van der Waals surface area contributed by atoms with Gasteiger partial charge in [0.15, 0.2) is 0 Å². The number of carbonyl (C=O) groups is 1. The first-order chi connectivity index (χ1) is 14.3. The van der Waals surface area contributed by atoms with Crippen LogP contribution in [-0.2, 0) is 26.5 Å². The molecular formula is C19H26N4O5S2. The van der Waals surface area contributed by atoms with Gasteiger partial charge in [0.25, 0.3) is 5.91 Å². The van der Waals surface area contributed by atoms with E-state index in [1.165, 1.54) is 11.3 Å². The molecule has 164 valence electrons. The highest BCUT2D eigenvalue weighted by atomic mass is 32.2. The number of morpholine rings is 1. The minimum Gasteiger partial charge on any atom is -0.378 e. The van der Waals surface area contributed by atoms with Gasteiger partial charge < -0.3 is 18.9 Å². The summed E-state index contributed by atoms with van der Waals surface area (Å²) < 4.78 is 40.6. The zero-order valence-electron chi connectivity index (χ0n) is 17.1. The van der Waals surface area contributed by atoms with Crippen LogP contribution in [0.25, 0.3) is 10.7 Å². The third kappa shape index (κ3) is 4.45. The summed E-state index contributed by atoms with van der Waals surface area (Å²) in [5.74, 6) is -0.0557. The molecule has 0 aliphatic carbocycles. The molecule has 0 radical (unpaired) electrons. The zero-order chi connectivity index (χ0) is 21.3. The molecule has 0 unspecified atom stereocenters. The molecule has 2 aromatic rings. The largest absolute Gasteiger partial charge is 0.378 e. The van der Waals surface area contributed by atoms with Gasteiger partial charge in [0.1, 0.15) is 14.8 Å². The number of thiazole rings is 1. The molecule has 2 saturated heterocycles. The molecule has 0 aromatic carbocycles. The average molecular weight is 455 g/mol. The standard InChI is InChI=1S/C19H26N4O5S2/c1-13-17(19(24)23-5-8-27-9-6-23)29-18(21-13)16-10-15(12-22(16)2)30(25,26)20-11-14-4-3-7-28-14/h10,12,14,20H,3-9,11H2,1-2H3/t14-/m1/s1. The Labute approximate surface area is 180 Å². The number of hydrogen-bond acceptors (Lipinski definition) is 7. The number of aryl methyl sites for hydroxylation is 2. The maximum absolute atomic E-state index is 12.8. The Morgan fingerprint density at radius 3 is 2.80 bits per heavy atom. The molecule has 0 saturated carbocycles. The highest BCUT2D eigenvalue weighted by Crippen LogP contribution is 2.31. The van der Waals surface area contributed by atoms with E-state index in [4.69, 9.17) is 9.47 Å². The molecule has 2 aromatic heterocycles. The molecule has 1 N–H and O–H groups in total. The second kappa shape index (κ2) is 8.75. The predicted octanol–water partition coefficient (Wildman–Crippen LogP) is 1.39. The smallest absolute Gasteiger partial charge is 0.266 e. The molecule has 1 atom stereocenters. The van der Waals surface area contributed by atoms with E-state index >= 15 is 0 Å². The third-order valence-corrected chi connectivity index (χ3v) is 7.88. The normalized spacial score (nSPS) is 20.1. The van der Waals surface area contributed by atoms with Crippen molar-refractivity contribution in [2.24, 2.45) is 7.05 Å². The monoisotopic (exact) mass is 454 g/mol. The number of aromatic nitrogens is 2. The summed E-state index contributed by atoms with van der Waals surface area (Å²) >= 11 is 1.29. The van der Waals surface area contributed by atoms with Crippen LogP contribution >= 0.6 is 11.3 Å². The van der Waals surface area contributed by atoms with Crippen LogP contribution in [0.4, 0.5) is 0 Å². The first-order valence-corrected chi connectivity index (χ1v) is 12.3. The van der Waals surface area contributed by atoms with Gasteiger partial charge in [-0.3, -0.25) is 4.79 Å². The molecule has 11 heteroatoms. The molecule has 4 rings (SSSR count). The second-order valence-corrected chi connectivity index (χ2v) is 10.3. The second-order valence-electron chi connectivity index (χ2n) is 7.50. The fourth-order valence-electron chi connectivity index (χ4n) is 3.60. The van der Waals surface area contributed by atoms with Crippen molar-refractivity contribution in [2.45, 2.75) is 30.8 Å². The van der Waals surface area contributed by atoms with Gasteiger partial charge in [-0.15, -0.1) is 11.3 Å². The fraction of sp³-hybridized carbons (Fsp3) is 0.579. The first kappa shape index (κ1) is 21.4. The minimum absolute atomic E-state index is 0.0557. The van der Waals surface area contributed by atoms with Gasteiger partial charge in [-0.25, -0.2) is 18.1 Å². The Bertz CT molecular complexity index is 1020. The number of amides is 1. The molecule has 2 aliphatic rings. The molecule has 0 spiro atoms. The number of carbonyl (C=O) groups excluding carboxylic acids is 1. The SMILES string of the molecule is Cc1nc(-c2cc(S(=O)(=O)NC[C@H]3CCCO3)cn2C)sc1C(=O)N1CCOCC1. The van der Waals surface area contributed by atoms with Crippen LogP contribution < -0.4 is 4.72 Å². The van der Waals surface area contributed by atoms with E-state index in [2.05, 4.69) is 9.71 Å². The topological polar surface area (TPSA) is 103 Å². The number of nitrogens with one attached hydrogen (secondary N) is 1. The quantitative estimate of drug-likeness (QED) is 0.708. The third-order valence-electron chi connectivity index (χ3n) is 5.32. The summed E-state index contributed by atoms with van der Waals surface area (Å²) in [7, 11) is -1.88. The van der Waals surface area contributed by atoms with Crippen LogP contribution in [-0.4, -0.2) is 74.3 Å². The van der Waals surface area contributed by atoms with Crippen LogP contribution in [0.1, 0.15) is 28.2 Å². The van der Waals surface area contributed by atoms with E-state index in [1.54, 1.807) is 35.7 Å². The summed E-state index contributed by atoms with van der Waals surface area (Å²) in [6.07, 6.45) is 3.31. The van der Waals surface area contributed by atoms with E-state index in [1.807, 2.05) is 0 Å². The number of nitrogens with zero attached hydrogens (tertiary/aromatic N) is 3. The van der Waals surface area contributed by atoms with Crippen molar-refractivity contribution in [1.82, 2.24) is 19.2 Å². The van der Waals surface area contributed by atoms with Gasteiger partial charge in [0, 0.05) is 39.5 Å². The predicted molar refractivity (Wildman–Crippen MR) is 112 cm³/mol. The Balaban J connectivity index is 1.53. The number of hydrogen-bond donors (Lipinski definition) is 1. The molecular weight excluding hydrogens is 428 g/mol. The first-order valence-electron chi connectivity index (χ1n) is 9.97. The van der Waals surface area contributed by atoms with E-state index in [0.717, 1.165) is 12.8 Å². The fourth-order valence-corrected chi connectivity index (χ4v) is 5.83. The van der Waals surface area contributed by atoms with Crippen molar-refractivity contribution >= 4 is 27.3 Å². The molecule has 2 aliphatic heterocycles. The van der Waals surface area contributed by atoms with E-state index in [0.29, 0.717) is 54.2 Å². The highest BCUT2D eigenvalue weighted by Gasteiger charge is 2.26. The summed E-state index contributed by atoms with van der Waals surface area (Å²) in [6.45, 7) is 4.95. The lowest BCUT2D eigenvalue weighted by Gasteiger charge is -2.26. The lowest BCUT2D eigenvalue weighted by atomic mass is 10.2. The number of sulfonamides is 1. The van der Waals surface area contributed by atoms with E-state index < -0.39 is 10.0 Å². The Morgan fingerprint density at radius 2 is 2.10 bits per heavy atom. The summed E-state index contributed by atoms with van der Waals surface area (Å²) in [6, 6.07) is 1.60. The molecule has 30 heavy (non-hydrogen) atoms. The van der Waals surface area contributed by atoms with E-state index in [9.17, 15) is 13.2 Å². The van der Waals surface area contributed by atoms with Gasteiger partial charge in [-0.2, -0.15) is 0 Å². The lowest BCUT2D eigenvalue weighted by molar-refractivity contribution is 0.0305. The molecule has 1 amide bonds. The summed E-state index contributed by atoms with van der Waals surface area (Å²) in [5, 5.41) is 0.618. The Morgan fingerprint density at radius 1 is 1.33 bits per heavy atom. The lowest BCUT2D eigenvalue weighted by Crippen LogP contribution is -2.40. The Hall–Kier alpha value is -1.79. The maximum Gasteiger partial charge on any atom is 0.266 e. The molecule has 9 nitrogen and oxygen atoms in total. The van der Waals surface area contributed by atoms with Crippen molar-refractivity contribution in [2.75, 3.05) is 39.5 Å². The van der Waals surface area contributed by atoms with Crippen molar-refractivity contribution < 1.29 is 22.7 Å². The summed E-state index contributed by atoms with van der Waals surface area (Å²) in [4.78, 5) is 19.9. The van der Waals surface area contributed by atoms with Gasteiger partial charge >= 0.3 is 0 Å². The Kier molecular flexibility index (Phi) is 6.26. The van der Waals surface area contributed by atoms with Gasteiger partial charge in [0.05, 0.1) is 30.7 Å². The zero-order valence-corrected chi connectivity index (χ0v) is 18.7. The maximum atomic E-state index is 12.8. The van der Waals surface area contributed by atoms with Crippen molar-refractivity contribution in [3.05, 3.63) is 22.8 Å². The van der Waals surface area contributed by atoms with Crippen molar-refractivity contribution in [1.29, 1.82) is 0 Å². The van der Waals surface area contributed by atoms with Crippen LogP contribution in [0.5, 0.6) is 0 Å². The van der Waals surface area contributed by atoms with Crippen molar-refractivity contribution in [3.8, 4) is 10.7 Å². The van der Waals surface area contributed by atoms with Crippen LogP contribution in [0.15, 0.2) is 17.2 Å². The van der Waals surface area contributed by atoms with Crippen LogP contribution in [0.3, 0.4) is 0 Å². The van der Waals surface area contributed by atoms with Gasteiger partial charge in [0.2, 0.25) is 10.0 Å². The molecule has 2 fully saturated rings. The van der Waals surface area contributed by atoms with E-state index in [-0.39, 0.29) is 23.5 Å². The highest BCUT2D eigenvalue weighted by molar-refractivity contribution is 7.89. The van der Waals surface area contributed by atoms with Gasteiger partial charge in [-0.05, 0) is 25.8 Å².